The van der Waals surface area contributed by atoms with Gasteiger partial charge in [0.15, 0.2) is 0 Å². The quantitative estimate of drug-likeness (QED) is 0.801. The molecule has 1 heterocycles. The molecular weight excluding hydrogens is 356 g/mol. The van der Waals surface area contributed by atoms with E-state index in [0.29, 0.717) is 27.2 Å². The Morgan fingerprint density at radius 3 is 2.71 bits per heavy atom. The van der Waals surface area contributed by atoms with E-state index in [1.165, 1.54) is 6.07 Å². The van der Waals surface area contributed by atoms with Crippen LogP contribution < -0.4 is 10.5 Å². The van der Waals surface area contributed by atoms with Gasteiger partial charge in [-0.25, -0.2) is 23.1 Å². The summed E-state index contributed by atoms with van der Waals surface area (Å²) in [4.78, 5) is 8.28. The summed E-state index contributed by atoms with van der Waals surface area (Å²) in [6.45, 7) is 3.51. The number of nitrogen functional groups attached to an aromatic ring is 1. The number of rotatable bonds is 4. The molecule has 0 unspecified atom stereocenters. The van der Waals surface area contributed by atoms with Crippen molar-refractivity contribution in [3.8, 4) is 0 Å². The molecule has 0 aliphatic carbocycles. The number of halogens is 1. The number of nitrogens with zero attached hydrogens (tertiary/aromatic N) is 2. The zero-order chi connectivity index (χ0) is 15.6. The monoisotopic (exact) mass is 370 g/mol. The van der Waals surface area contributed by atoms with Gasteiger partial charge in [-0.15, -0.1) is 0 Å². The molecule has 2 aromatic rings. The molecule has 0 saturated heterocycles. The molecule has 1 aromatic carbocycles. The number of nitrogens with two attached hydrogens (primary N) is 1. The standard InChI is InChI=1S/C13H15BrN4O2S/c1-8-12(15)5-10(14)6-13(8)21(19,20)17-7-11-3-4-16-9(2)18-11/h3-6,17H,7,15H2,1-2H3. The Balaban J connectivity index is 2.27. The minimum Gasteiger partial charge on any atom is -0.398 e. The average Bonchev–Trinajstić information content (AvgIpc) is 2.41. The first-order valence-electron chi connectivity index (χ1n) is 6.13. The highest BCUT2D eigenvalue weighted by Crippen LogP contribution is 2.26. The van der Waals surface area contributed by atoms with E-state index in [9.17, 15) is 8.42 Å². The minimum absolute atomic E-state index is 0.0948. The van der Waals surface area contributed by atoms with Crippen molar-refractivity contribution in [2.75, 3.05) is 5.73 Å². The van der Waals surface area contributed by atoms with Crippen molar-refractivity contribution in [1.29, 1.82) is 0 Å². The van der Waals surface area contributed by atoms with Gasteiger partial charge in [0.05, 0.1) is 17.1 Å². The van der Waals surface area contributed by atoms with Crippen molar-refractivity contribution in [3.05, 3.63) is 46.0 Å². The maximum Gasteiger partial charge on any atom is 0.241 e. The molecule has 3 N–H and O–H groups in total. The van der Waals surface area contributed by atoms with E-state index in [4.69, 9.17) is 5.73 Å². The van der Waals surface area contributed by atoms with Gasteiger partial charge >= 0.3 is 0 Å². The lowest BCUT2D eigenvalue weighted by atomic mass is 10.2. The van der Waals surface area contributed by atoms with Crippen molar-refractivity contribution in [3.63, 3.8) is 0 Å². The second kappa shape index (κ2) is 6.08. The van der Waals surface area contributed by atoms with Crippen molar-refractivity contribution in [2.45, 2.75) is 25.3 Å². The molecule has 8 heteroatoms. The number of aromatic nitrogens is 2. The smallest absolute Gasteiger partial charge is 0.241 e. The van der Waals surface area contributed by atoms with Crippen LogP contribution in [0.5, 0.6) is 0 Å². The van der Waals surface area contributed by atoms with Crippen LogP contribution in [-0.2, 0) is 16.6 Å². The van der Waals surface area contributed by atoms with E-state index in [-0.39, 0.29) is 11.4 Å². The second-order valence-electron chi connectivity index (χ2n) is 4.54. The van der Waals surface area contributed by atoms with E-state index in [1.54, 1.807) is 32.2 Å². The summed E-state index contributed by atoms with van der Waals surface area (Å²) in [6.07, 6.45) is 1.59. The van der Waals surface area contributed by atoms with E-state index in [0.717, 1.165) is 0 Å². The normalized spacial score (nSPS) is 11.6. The van der Waals surface area contributed by atoms with Crippen LogP contribution in [0.4, 0.5) is 5.69 Å². The first kappa shape index (κ1) is 15.9. The fraction of sp³-hybridized carbons (Fsp3) is 0.231. The van der Waals surface area contributed by atoms with Crippen LogP contribution in [0.2, 0.25) is 0 Å². The summed E-state index contributed by atoms with van der Waals surface area (Å²) in [5, 5.41) is 0. The van der Waals surface area contributed by atoms with E-state index >= 15 is 0 Å². The lowest BCUT2D eigenvalue weighted by Crippen LogP contribution is -2.25. The van der Waals surface area contributed by atoms with Gasteiger partial charge in [0.25, 0.3) is 0 Å². The fourth-order valence-corrected chi connectivity index (χ4v) is 3.73. The second-order valence-corrected chi connectivity index (χ2v) is 7.19. The summed E-state index contributed by atoms with van der Waals surface area (Å²) < 4.78 is 27.9. The number of aryl methyl sites for hydroxylation is 1. The highest BCUT2D eigenvalue weighted by molar-refractivity contribution is 9.10. The summed E-state index contributed by atoms with van der Waals surface area (Å²) in [5.74, 6) is 0.592. The molecule has 0 radical (unpaired) electrons. The molecule has 0 bridgehead atoms. The maximum atomic E-state index is 12.4. The molecule has 2 rings (SSSR count). The molecule has 0 fully saturated rings. The lowest BCUT2D eigenvalue weighted by molar-refractivity contribution is 0.579. The fourth-order valence-electron chi connectivity index (χ4n) is 1.80. The van der Waals surface area contributed by atoms with Crippen molar-refractivity contribution < 1.29 is 8.42 Å². The summed E-state index contributed by atoms with van der Waals surface area (Å²) in [5.41, 5.74) is 7.34. The van der Waals surface area contributed by atoms with Gasteiger partial charge in [0.1, 0.15) is 5.82 Å². The molecule has 0 aliphatic heterocycles. The Morgan fingerprint density at radius 1 is 1.33 bits per heavy atom. The Morgan fingerprint density at radius 2 is 2.05 bits per heavy atom. The molecule has 0 saturated carbocycles. The third-order valence-corrected chi connectivity index (χ3v) is 4.92. The van der Waals surface area contributed by atoms with Crippen LogP contribution in [0.15, 0.2) is 33.8 Å². The molecule has 0 aliphatic rings. The van der Waals surface area contributed by atoms with Gasteiger partial charge in [0, 0.05) is 16.4 Å². The number of benzene rings is 1. The van der Waals surface area contributed by atoms with Crippen molar-refractivity contribution in [1.82, 2.24) is 14.7 Å². The highest BCUT2D eigenvalue weighted by Gasteiger charge is 2.19. The summed E-state index contributed by atoms with van der Waals surface area (Å²) in [6, 6.07) is 4.86. The number of nitrogens with one attached hydrogen (secondary N) is 1. The van der Waals surface area contributed by atoms with E-state index in [2.05, 4.69) is 30.6 Å². The van der Waals surface area contributed by atoms with Crippen LogP contribution in [-0.4, -0.2) is 18.4 Å². The van der Waals surface area contributed by atoms with Crippen LogP contribution in [0.25, 0.3) is 0 Å². The zero-order valence-corrected chi connectivity index (χ0v) is 14.0. The predicted octanol–water partition coefficient (Wildman–Crippen LogP) is 1.92. The van der Waals surface area contributed by atoms with Crippen LogP contribution in [0.1, 0.15) is 17.1 Å². The molecule has 0 atom stereocenters. The minimum atomic E-state index is -3.67. The van der Waals surface area contributed by atoms with E-state index < -0.39 is 10.0 Å². The van der Waals surface area contributed by atoms with Crippen LogP contribution in [0.3, 0.4) is 0 Å². The van der Waals surface area contributed by atoms with Gasteiger partial charge < -0.3 is 5.73 Å². The van der Waals surface area contributed by atoms with Gasteiger partial charge in [0.2, 0.25) is 10.0 Å². The highest BCUT2D eigenvalue weighted by atomic mass is 79.9. The number of anilines is 1. The molecule has 21 heavy (non-hydrogen) atoms. The van der Waals surface area contributed by atoms with Gasteiger partial charge in [-0.1, -0.05) is 15.9 Å². The van der Waals surface area contributed by atoms with Crippen LogP contribution >= 0.6 is 15.9 Å². The van der Waals surface area contributed by atoms with Gasteiger partial charge in [-0.05, 0) is 37.6 Å². The molecule has 1 aromatic heterocycles. The Bertz CT molecular complexity index is 778. The third kappa shape index (κ3) is 3.78. The molecule has 0 amide bonds. The topological polar surface area (TPSA) is 98.0 Å². The van der Waals surface area contributed by atoms with Gasteiger partial charge in [-0.3, -0.25) is 0 Å². The molecular formula is C13H15BrN4O2S. The number of sulfonamides is 1. The summed E-state index contributed by atoms with van der Waals surface area (Å²) >= 11 is 3.25. The number of hydrogen-bond acceptors (Lipinski definition) is 5. The maximum absolute atomic E-state index is 12.4. The predicted molar refractivity (Wildman–Crippen MR) is 84.1 cm³/mol. The first-order valence-corrected chi connectivity index (χ1v) is 8.41. The van der Waals surface area contributed by atoms with Gasteiger partial charge in [-0.2, -0.15) is 0 Å². The van der Waals surface area contributed by atoms with Crippen molar-refractivity contribution in [2.24, 2.45) is 0 Å². The molecule has 0 spiro atoms. The van der Waals surface area contributed by atoms with E-state index in [1.807, 2.05) is 0 Å². The SMILES string of the molecule is Cc1nccc(CNS(=O)(=O)c2cc(Br)cc(N)c2C)n1. The lowest BCUT2D eigenvalue weighted by Gasteiger charge is -2.11. The Labute approximate surface area is 132 Å². The average molecular weight is 371 g/mol. The Hall–Kier alpha value is -1.51. The summed E-state index contributed by atoms with van der Waals surface area (Å²) in [7, 11) is -3.67. The molecule has 112 valence electrons. The molecule has 6 nitrogen and oxygen atoms in total. The third-order valence-electron chi connectivity index (χ3n) is 2.93. The van der Waals surface area contributed by atoms with Crippen LogP contribution in [0, 0.1) is 13.8 Å². The first-order chi connectivity index (χ1) is 9.79. The Kier molecular flexibility index (Phi) is 4.60. The number of hydrogen-bond donors (Lipinski definition) is 2. The van der Waals surface area contributed by atoms with Crippen molar-refractivity contribution >= 4 is 31.6 Å². The largest absolute Gasteiger partial charge is 0.398 e. The zero-order valence-electron chi connectivity index (χ0n) is 11.6.